The molecule has 4 heteroatoms. The Morgan fingerprint density at radius 3 is 2.80 bits per heavy atom. The number of halogens is 1. The third-order valence-corrected chi connectivity index (χ3v) is 4.62. The Labute approximate surface area is 129 Å². The molecule has 1 fully saturated rings. The first-order chi connectivity index (χ1) is 9.56. The summed E-state index contributed by atoms with van der Waals surface area (Å²) in [5.74, 6) is 0.647. The lowest BCUT2D eigenvalue weighted by Gasteiger charge is -2.37. The van der Waals surface area contributed by atoms with E-state index in [1.165, 1.54) is 18.4 Å². The Balaban J connectivity index is 1.94. The molecule has 1 aliphatic rings. The molecule has 2 rings (SSSR count). The van der Waals surface area contributed by atoms with Gasteiger partial charge in [0.1, 0.15) is 0 Å². The third-order valence-electron chi connectivity index (χ3n) is 4.09. The number of carbonyl (C=O) groups excluding carboxylic acids is 1. The van der Waals surface area contributed by atoms with Crippen molar-refractivity contribution in [2.24, 2.45) is 5.92 Å². The minimum Gasteiger partial charge on any atom is -0.356 e. The van der Waals surface area contributed by atoms with E-state index in [1.807, 2.05) is 0 Å². The second kappa shape index (κ2) is 7.23. The lowest BCUT2D eigenvalue weighted by Crippen LogP contribution is -2.41. The molecule has 2 atom stereocenters. The molecule has 1 heterocycles. The van der Waals surface area contributed by atoms with E-state index in [-0.39, 0.29) is 5.91 Å². The first-order valence-corrected chi connectivity index (χ1v) is 8.09. The zero-order valence-corrected chi connectivity index (χ0v) is 13.8. The van der Waals surface area contributed by atoms with Crippen molar-refractivity contribution < 1.29 is 4.79 Å². The lowest BCUT2D eigenvalue weighted by atomic mass is 9.95. The molecule has 1 amide bonds. The molecule has 0 spiro atoms. The predicted octanol–water partition coefficient (Wildman–Crippen LogP) is 3.36. The Morgan fingerprint density at radius 2 is 2.15 bits per heavy atom. The van der Waals surface area contributed by atoms with Gasteiger partial charge >= 0.3 is 0 Å². The van der Waals surface area contributed by atoms with Gasteiger partial charge in [-0.05, 0) is 49.9 Å². The van der Waals surface area contributed by atoms with Gasteiger partial charge in [0.25, 0.3) is 0 Å². The van der Waals surface area contributed by atoms with Crippen LogP contribution in [0.1, 0.15) is 38.3 Å². The summed E-state index contributed by atoms with van der Waals surface area (Å²) in [5, 5.41) is 2.95. The van der Waals surface area contributed by atoms with Crippen molar-refractivity contribution in [2.45, 2.75) is 32.7 Å². The van der Waals surface area contributed by atoms with Crippen LogP contribution < -0.4 is 5.32 Å². The molecule has 1 aliphatic heterocycles. The zero-order valence-electron chi connectivity index (χ0n) is 12.2. The summed E-state index contributed by atoms with van der Waals surface area (Å²) >= 11 is 3.48. The van der Waals surface area contributed by atoms with Gasteiger partial charge in [0, 0.05) is 30.5 Å². The number of benzene rings is 1. The first kappa shape index (κ1) is 15.5. The van der Waals surface area contributed by atoms with Crippen LogP contribution in [-0.4, -0.2) is 30.4 Å². The van der Waals surface area contributed by atoms with E-state index in [4.69, 9.17) is 0 Å². The molecule has 1 aromatic rings. The molecule has 110 valence electrons. The molecular formula is C16H23BrN2O. The Morgan fingerprint density at radius 1 is 1.45 bits per heavy atom. The van der Waals surface area contributed by atoms with E-state index in [0.29, 0.717) is 12.0 Å². The monoisotopic (exact) mass is 338 g/mol. The number of amides is 1. The van der Waals surface area contributed by atoms with Crippen LogP contribution in [0.5, 0.6) is 0 Å². The van der Waals surface area contributed by atoms with Gasteiger partial charge < -0.3 is 5.32 Å². The fraction of sp³-hybridized carbons (Fsp3) is 0.562. The maximum absolute atomic E-state index is 11.0. The van der Waals surface area contributed by atoms with Crippen LogP contribution in [-0.2, 0) is 4.79 Å². The van der Waals surface area contributed by atoms with Crippen LogP contribution in [0, 0.1) is 5.92 Å². The van der Waals surface area contributed by atoms with Crippen LogP contribution in [0.2, 0.25) is 0 Å². The fourth-order valence-electron chi connectivity index (χ4n) is 2.86. The molecule has 0 aromatic heterocycles. The first-order valence-electron chi connectivity index (χ1n) is 7.30. The molecule has 0 radical (unpaired) electrons. The van der Waals surface area contributed by atoms with Crippen LogP contribution in [0.15, 0.2) is 28.7 Å². The van der Waals surface area contributed by atoms with Gasteiger partial charge in [0.2, 0.25) is 5.91 Å². The van der Waals surface area contributed by atoms with E-state index in [9.17, 15) is 4.79 Å². The normalized spacial score (nSPS) is 21.4. The van der Waals surface area contributed by atoms with E-state index in [1.54, 1.807) is 6.92 Å². The van der Waals surface area contributed by atoms with Gasteiger partial charge in [0.05, 0.1) is 0 Å². The Kier molecular flexibility index (Phi) is 5.61. The van der Waals surface area contributed by atoms with Gasteiger partial charge in [-0.15, -0.1) is 0 Å². The van der Waals surface area contributed by atoms with E-state index >= 15 is 0 Å². The van der Waals surface area contributed by atoms with Crippen molar-refractivity contribution in [2.75, 3.05) is 19.6 Å². The zero-order chi connectivity index (χ0) is 14.5. The average Bonchev–Trinajstić information content (AvgIpc) is 2.45. The largest absolute Gasteiger partial charge is 0.356 e. The van der Waals surface area contributed by atoms with Gasteiger partial charge in [-0.1, -0.05) is 28.1 Å². The molecule has 0 aliphatic carbocycles. The third kappa shape index (κ3) is 4.32. The summed E-state index contributed by atoms with van der Waals surface area (Å²) in [7, 11) is 0. The quantitative estimate of drug-likeness (QED) is 0.912. The summed E-state index contributed by atoms with van der Waals surface area (Å²) in [5.41, 5.74) is 1.35. The van der Waals surface area contributed by atoms with E-state index in [0.717, 1.165) is 24.1 Å². The number of hydrogen-bond acceptors (Lipinski definition) is 2. The fourth-order valence-corrected chi connectivity index (χ4v) is 3.12. The highest BCUT2D eigenvalue weighted by Crippen LogP contribution is 2.27. The Hall–Kier alpha value is -0.870. The van der Waals surface area contributed by atoms with E-state index in [2.05, 4.69) is 57.3 Å². The standard InChI is InChI=1S/C16H23BrN2O/c1-12(15-5-7-16(17)8-6-15)19-9-3-4-14(11-19)10-18-13(2)20/h5-8,12,14H,3-4,9-11H2,1-2H3,(H,18,20)/t12-,14-/m0/s1. The number of likely N-dealkylation sites (tertiary alicyclic amines) is 1. The molecule has 0 saturated carbocycles. The number of rotatable bonds is 4. The second-order valence-corrected chi connectivity index (χ2v) is 6.58. The van der Waals surface area contributed by atoms with Gasteiger partial charge in [-0.2, -0.15) is 0 Å². The van der Waals surface area contributed by atoms with Crippen molar-refractivity contribution in [3.63, 3.8) is 0 Å². The summed E-state index contributed by atoms with van der Waals surface area (Å²) in [4.78, 5) is 13.6. The smallest absolute Gasteiger partial charge is 0.216 e. The summed E-state index contributed by atoms with van der Waals surface area (Å²) in [6.07, 6.45) is 2.43. The lowest BCUT2D eigenvalue weighted by molar-refractivity contribution is -0.119. The van der Waals surface area contributed by atoms with Crippen molar-refractivity contribution in [1.29, 1.82) is 0 Å². The number of hydrogen-bond donors (Lipinski definition) is 1. The second-order valence-electron chi connectivity index (χ2n) is 5.67. The van der Waals surface area contributed by atoms with Crippen LogP contribution in [0.3, 0.4) is 0 Å². The average molecular weight is 339 g/mol. The minimum absolute atomic E-state index is 0.0723. The van der Waals surface area contributed by atoms with Crippen molar-refractivity contribution in [3.8, 4) is 0 Å². The summed E-state index contributed by atoms with van der Waals surface area (Å²) in [6, 6.07) is 9.01. The van der Waals surface area contributed by atoms with Crippen molar-refractivity contribution in [3.05, 3.63) is 34.3 Å². The molecular weight excluding hydrogens is 316 g/mol. The molecule has 3 nitrogen and oxygen atoms in total. The van der Waals surface area contributed by atoms with Crippen molar-refractivity contribution in [1.82, 2.24) is 10.2 Å². The molecule has 1 N–H and O–H groups in total. The van der Waals surface area contributed by atoms with Crippen LogP contribution >= 0.6 is 15.9 Å². The highest BCUT2D eigenvalue weighted by atomic mass is 79.9. The molecule has 1 saturated heterocycles. The molecule has 20 heavy (non-hydrogen) atoms. The minimum atomic E-state index is 0.0723. The molecule has 0 unspecified atom stereocenters. The number of nitrogens with one attached hydrogen (secondary N) is 1. The summed E-state index contributed by atoms with van der Waals surface area (Å²) < 4.78 is 1.12. The van der Waals surface area contributed by atoms with Crippen LogP contribution in [0.25, 0.3) is 0 Å². The highest BCUT2D eigenvalue weighted by Gasteiger charge is 2.24. The predicted molar refractivity (Wildman–Crippen MR) is 85.5 cm³/mol. The SMILES string of the molecule is CC(=O)NC[C@@H]1CCCN([C@@H](C)c2ccc(Br)cc2)C1. The van der Waals surface area contributed by atoms with E-state index < -0.39 is 0 Å². The maximum Gasteiger partial charge on any atom is 0.216 e. The number of nitrogens with zero attached hydrogens (tertiary/aromatic N) is 1. The topological polar surface area (TPSA) is 32.3 Å². The molecule has 0 bridgehead atoms. The number of carbonyl (C=O) groups is 1. The van der Waals surface area contributed by atoms with Crippen molar-refractivity contribution >= 4 is 21.8 Å². The van der Waals surface area contributed by atoms with Gasteiger partial charge in [0.15, 0.2) is 0 Å². The van der Waals surface area contributed by atoms with Crippen LogP contribution in [0.4, 0.5) is 0 Å². The highest BCUT2D eigenvalue weighted by molar-refractivity contribution is 9.10. The van der Waals surface area contributed by atoms with Gasteiger partial charge in [-0.25, -0.2) is 0 Å². The maximum atomic E-state index is 11.0. The summed E-state index contributed by atoms with van der Waals surface area (Å²) in [6.45, 7) is 6.87. The molecule has 1 aromatic carbocycles. The Bertz CT molecular complexity index is 446. The van der Waals surface area contributed by atoms with Gasteiger partial charge in [-0.3, -0.25) is 9.69 Å². The number of piperidine rings is 1.